The topological polar surface area (TPSA) is 45.7 Å². The molecule has 1 aromatic rings. The second-order valence-electron chi connectivity index (χ2n) is 6.62. The molecule has 120 valence electrons. The van der Waals surface area contributed by atoms with Gasteiger partial charge < -0.3 is 9.64 Å². The maximum absolute atomic E-state index is 12.9. The molecule has 0 radical (unpaired) electrons. The van der Waals surface area contributed by atoms with Gasteiger partial charge in [-0.25, -0.2) is 4.98 Å². The van der Waals surface area contributed by atoms with E-state index in [1.807, 2.05) is 11.6 Å². The predicted molar refractivity (Wildman–Crippen MR) is 84.5 cm³/mol. The highest BCUT2D eigenvalue weighted by atomic mass is 32.1. The van der Waals surface area contributed by atoms with Crippen LogP contribution < -0.4 is 0 Å². The molecule has 22 heavy (non-hydrogen) atoms. The molecular weight excluding hydrogens is 298 g/mol. The molecule has 5 nitrogen and oxygen atoms in total. The number of hydrogen-bond acceptors (Lipinski definition) is 5. The Kier molecular flexibility index (Phi) is 4.15. The van der Waals surface area contributed by atoms with Crippen molar-refractivity contribution < 1.29 is 9.53 Å². The Morgan fingerprint density at radius 1 is 1.36 bits per heavy atom. The van der Waals surface area contributed by atoms with Crippen LogP contribution in [0.5, 0.6) is 0 Å². The average Bonchev–Trinajstić information content (AvgIpc) is 3.27. The zero-order valence-corrected chi connectivity index (χ0v) is 13.6. The van der Waals surface area contributed by atoms with Crippen molar-refractivity contribution in [1.82, 2.24) is 14.8 Å². The molecule has 4 heterocycles. The smallest absolute Gasteiger partial charge is 0.227 e. The summed E-state index contributed by atoms with van der Waals surface area (Å²) in [5.41, 5.74) is 0. The lowest BCUT2D eigenvalue weighted by molar-refractivity contribution is -0.140. The monoisotopic (exact) mass is 321 g/mol. The summed E-state index contributed by atoms with van der Waals surface area (Å²) in [6.07, 6.45) is 5.44. The quantitative estimate of drug-likeness (QED) is 0.848. The van der Waals surface area contributed by atoms with Gasteiger partial charge in [-0.1, -0.05) is 0 Å². The molecule has 3 aliphatic rings. The van der Waals surface area contributed by atoms with Gasteiger partial charge in [0, 0.05) is 50.3 Å². The van der Waals surface area contributed by atoms with Gasteiger partial charge >= 0.3 is 0 Å². The van der Waals surface area contributed by atoms with Crippen LogP contribution in [0.2, 0.25) is 0 Å². The first kappa shape index (κ1) is 14.6. The Balaban J connectivity index is 1.49. The van der Waals surface area contributed by atoms with E-state index in [0.717, 1.165) is 63.6 Å². The van der Waals surface area contributed by atoms with Gasteiger partial charge in [-0.05, 0) is 19.3 Å². The summed E-state index contributed by atoms with van der Waals surface area (Å²) >= 11 is 1.69. The Hall–Kier alpha value is -0.980. The fourth-order valence-electron chi connectivity index (χ4n) is 4.14. The number of aromatic nitrogens is 1. The van der Waals surface area contributed by atoms with Crippen molar-refractivity contribution in [2.24, 2.45) is 11.8 Å². The first-order valence-corrected chi connectivity index (χ1v) is 9.20. The van der Waals surface area contributed by atoms with Crippen molar-refractivity contribution in [3.05, 3.63) is 16.6 Å². The van der Waals surface area contributed by atoms with Crippen molar-refractivity contribution in [3.63, 3.8) is 0 Å². The maximum Gasteiger partial charge on any atom is 0.227 e. The molecular formula is C16H23N3O2S. The number of rotatable bonds is 3. The van der Waals surface area contributed by atoms with Gasteiger partial charge in [0.15, 0.2) is 0 Å². The van der Waals surface area contributed by atoms with Crippen molar-refractivity contribution in [3.8, 4) is 0 Å². The third-order valence-electron chi connectivity index (χ3n) is 5.25. The van der Waals surface area contributed by atoms with E-state index in [0.29, 0.717) is 11.8 Å². The molecule has 3 fully saturated rings. The van der Waals surface area contributed by atoms with Gasteiger partial charge in [-0.15, -0.1) is 11.3 Å². The van der Waals surface area contributed by atoms with Crippen LogP contribution in [0.3, 0.4) is 0 Å². The minimum absolute atomic E-state index is 0.110. The summed E-state index contributed by atoms with van der Waals surface area (Å²) in [7, 11) is 0. The zero-order chi connectivity index (χ0) is 14.9. The highest BCUT2D eigenvalue weighted by Gasteiger charge is 2.45. The maximum atomic E-state index is 12.9. The summed E-state index contributed by atoms with van der Waals surface area (Å²) in [5, 5.41) is 3.14. The SMILES string of the molecule is O=C([C@@H]1CN(Cc2nccs2)C[C@@H]2OCC[C@@H]21)N1CCCC1. The molecule has 6 heteroatoms. The minimum Gasteiger partial charge on any atom is -0.377 e. The van der Waals surface area contributed by atoms with Gasteiger partial charge in [0.05, 0.1) is 18.6 Å². The predicted octanol–water partition coefficient (Wildman–Crippen LogP) is 1.60. The second kappa shape index (κ2) is 6.26. The Morgan fingerprint density at radius 2 is 2.23 bits per heavy atom. The molecule has 0 N–H and O–H groups in total. The lowest BCUT2D eigenvalue weighted by Crippen LogP contribution is -2.52. The molecule has 3 atom stereocenters. The van der Waals surface area contributed by atoms with Crippen LogP contribution in [0.25, 0.3) is 0 Å². The van der Waals surface area contributed by atoms with Crippen molar-refractivity contribution in [1.29, 1.82) is 0 Å². The van der Waals surface area contributed by atoms with Crippen LogP contribution in [0.15, 0.2) is 11.6 Å². The van der Waals surface area contributed by atoms with Crippen LogP contribution in [0.1, 0.15) is 24.3 Å². The number of thiazole rings is 1. The third-order valence-corrected chi connectivity index (χ3v) is 6.01. The molecule has 0 aromatic carbocycles. The normalized spacial score (nSPS) is 32.4. The van der Waals surface area contributed by atoms with Crippen LogP contribution in [0, 0.1) is 11.8 Å². The standard InChI is InChI=1S/C16H23N3O2S/c20-16(19-5-1-2-6-19)13-9-18(11-15-17-4-8-22-15)10-14-12(13)3-7-21-14/h4,8,12-14H,1-3,5-7,9-11H2/t12-,13-,14+/m1/s1. The summed E-state index contributed by atoms with van der Waals surface area (Å²) in [5.74, 6) is 0.891. The number of carbonyl (C=O) groups excluding carboxylic acids is 1. The lowest BCUT2D eigenvalue weighted by atomic mass is 9.82. The molecule has 0 unspecified atom stereocenters. The summed E-state index contributed by atoms with van der Waals surface area (Å²) in [6.45, 7) is 5.34. The van der Waals surface area contributed by atoms with E-state index in [4.69, 9.17) is 4.74 Å². The first-order chi connectivity index (χ1) is 10.8. The largest absolute Gasteiger partial charge is 0.377 e. The third kappa shape index (κ3) is 2.79. The van der Waals surface area contributed by atoms with Crippen molar-refractivity contribution in [2.45, 2.75) is 31.9 Å². The van der Waals surface area contributed by atoms with Gasteiger partial charge in [0.25, 0.3) is 0 Å². The van der Waals surface area contributed by atoms with Gasteiger partial charge in [0.1, 0.15) is 5.01 Å². The zero-order valence-electron chi connectivity index (χ0n) is 12.8. The lowest BCUT2D eigenvalue weighted by Gasteiger charge is -2.40. The molecule has 0 spiro atoms. The highest BCUT2D eigenvalue weighted by molar-refractivity contribution is 7.09. The van der Waals surface area contributed by atoms with E-state index >= 15 is 0 Å². The molecule has 1 aromatic heterocycles. The van der Waals surface area contributed by atoms with Gasteiger partial charge in [-0.3, -0.25) is 9.69 Å². The number of hydrogen-bond donors (Lipinski definition) is 0. The highest BCUT2D eigenvalue weighted by Crippen LogP contribution is 2.35. The van der Waals surface area contributed by atoms with Crippen LogP contribution in [-0.4, -0.2) is 59.6 Å². The Morgan fingerprint density at radius 3 is 3.00 bits per heavy atom. The number of piperidine rings is 1. The molecule has 0 saturated carbocycles. The van der Waals surface area contributed by atoms with Crippen LogP contribution in [-0.2, 0) is 16.1 Å². The summed E-state index contributed by atoms with van der Waals surface area (Å²) < 4.78 is 5.92. The first-order valence-electron chi connectivity index (χ1n) is 8.32. The van der Waals surface area contributed by atoms with E-state index in [-0.39, 0.29) is 12.0 Å². The molecule has 3 aliphatic heterocycles. The van der Waals surface area contributed by atoms with E-state index in [9.17, 15) is 4.79 Å². The molecule has 4 rings (SSSR count). The van der Waals surface area contributed by atoms with E-state index in [1.165, 1.54) is 0 Å². The molecule has 3 saturated heterocycles. The Labute approximate surface area is 135 Å². The van der Waals surface area contributed by atoms with Gasteiger partial charge in [-0.2, -0.15) is 0 Å². The summed E-state index contributed by atoms with van der Waals surface area (Å²) in [4.78, 5) is 21.7. The van der Waals surface area contributed by atoms with E-state index in [2.05, 4.69) is 14.8 Å². The fourth-order valence-corrected chi connectivity index (χ4v) is 4.80. The number of nitrogens with zero attached hydrogens (tertiary/aromatic N) is 3. The number of amides is 1. The van der Waals surface area contributed by atoms with E-state index in [1.54, 1.807) is 11.3 Å². The van der Waals surface area contributed by atoms with Crippen molar-refractivity contribution in [2.75, 3.05) is 32.8 Å². The van der Waals surface area contributed by atoms with Gasteiger partial charge in [0.2, 0.25) is 5.91 Å². The molecule has 0 bridgehead atoms. The minimum atomic E-state index is 0.110. The molecule has 0 aliphatic carbocycles. The average molecular weight is 321 g/mol. The number of likely N-dealkylation sites (tertiary alicyclic amines) is 2. The van der Waals surface area contributed by atoms with E-state index < -0.39 is 0 Å². The van der Waals surface area contributed by atoms with Crippen molar-refractivity contribution >= 4 is 17.2 Å². The van der Waals surface area contributed by atoms with Crippen LogP contribution >= 0.6 is 11.3 Å². The second-order valence-corrected chi connectivity index (χ2v) is 7.60. The number of carbonyl (C=O) groups is 1. The van der Waals surface area contributed by atoms with Crippen LogP contribution in [0.4, 0.5) is 0 Å². The number of fused-ring (bicyclic) bond motifs is 1. The summed E-state index contributed by atoms with van der Waals surface area (Å²) in [6, 6.07) is 0. The molecule has 1 amide bonds. The number of ether oxygens (including phenoxy) is 1. The Bertz CT molecular complexity index is 515. The fraction of sp³-hybridized carbons (Fsp3) is 0.750.